The van der Waals surface area contributed by atoms with Gasteiger partial charge in [0.25, 0.3) is 0 Å². The van der Waals surface area contributed by atoms with Crippen molar-refractivity contribution in [1.29, 1.82) is 0 Å². The number of imide groups is 1. The van der Waals surface area contributed by atoms with E-state index in [1.54, 1.807) is 30.1 Å². The molecule has 1 aliphatic heterocycles. The van der Waals surface area contributed by atoms with E-state index in [2.05, 4.69) is 16.0 Å². The van der Waals surface area contributed by atoms with Gasteiger partial charge in [-0.15, -0.1) is 0 Å². The van der Waals surface area contributed by atoms with Gasteiger partial charge in [-0.3, -0.25) is 29.4 Å². The zero-order valence-corrected chi connectivity index (χ0v) is 16.8. The minimum Gasteiger partial charge on any atom is -0.372 e. The molecule has 29 heavy (non-hydrogen) atoms. The van der Waals surface area contributed by atoms with E-state index in [4.69, 9.17) is 4.74 Å². The lowest BCUT2D eigenvalue weighted by Gasteiger charge is -2.30. The number of ether oxygens (including phenoxy) is 1. The number of rotatable bonds is 11. The monoisotopic (exact) mass is 404 g/mol. The van der Waals surface area contributed by atoms with Crippen LogP contribution >= 0.6 is 0 Å². The number of nitrogens with one attached hydrogen (secondary N) is 3. The van der Waals surface area contributed by atoms with Gasteiger partial charge < -0.3 is 15.4 Å². The Labute approximate surface area is 170 Å². The van der Waals surface area contributed by atoms with Crippen molar-refractivity contribution in [2.45, 2.75) is 31.8 Å². The van der Waals surface area contributed by atoms with Crippen LogP contribution in [0.15, 0.2) is 18.2 Å². The van der Waals surface area contributed by atoms with E-state index in [0.29, 0.717) is 29.8 Å². The lowest BCUT2D eigenvalue weighted by molar-refractivity contribution is -0.137. The summed E-state index contributed by atoms with van der Waals surface area (Å²) in [6.45, 7) is 1.45. The third-order valence-electron chi connectivity index (χ3n) is 4.71. The lowest BCUT2D eigenvalue weighted by atomic mass is 10.0. The van der Waals surface area contributed by atoms with E-state index >= 15 is 0 Å². The Balaban J connectivity index is 2.05. The molecule has 0 spiro atoms. The third kappa shape index (κ3) is 6.74. The van der Waals surface area contributed by atoms with E-state index in [1.165, 1.54) is 0 Å². The number of amides is 3. The second kappa shape index (κ2) is 11.4. The number of nitrogens with zero attached hydrogens (tertiary/aromatic N) is 1. The molecule has 0 bridgehead atoms. The fraction of sp³-hybridized carbons (Fsp3) is 0.500. The minimum atomic E-state index is -0.480. The highest BCUT2D eigenvalue weighted by atomic mass is 16.5. The number of carbonyl (C=O) groups excluding carboxylic acids is 4. The molecule has 1 aliphatic rings. The van der Waals surface area contributed by atoms with Crippen molar-refractivity contribution in [3.05, 3.63) is 29.3 Å². The Morgan fingerprint density at radius 3 is 2.86 bits per heavy atom. The maximum absolute atomic E-state index is 12.2. The first-order valence-corrected chi connectivity index (χ1v) is 9.59. The minimum absolute atomic E-state index is 0.0859. The molecule has 1 fully saturated rings. The van der Waals surface area contributed by atoms with Crippen LogP contribution in [-0.2, 0) is 25.7 Å². The van der Waals surface area contributed by atoms with Crippen LogP contribution in [0.3, 0.4) is 0 Å². The largest absolute Gasteiger partial charge is 0.372 e. The fourth-order valence-electron chi connectivity index (χ4n) is 3.17. The predicted octanol–water partition coefficient (Wildman–Crippen LogP) is 0.301. The number of anilines is 1. The van der Waals surface area contributed by atoms with Gasteiger partial charge in [0, 0.05) is 36.4 Å². The quantitative estimate of drug-likeness (QED) is 0.276. The van der Waals surface area contributed by atoms with Crippen molar-refractivity contribution >= 4 is 29.7 Å². The maximum atomic E-state index is 12.2. The summed E-state index contributed by atoms with van der Waals surface area (Å²) >= 11 is 0. The second-order valence-electron chi connectivity index (χ2n) is 6.93. The highest BCUT2D eigenvalue weighted by Gasteiger charge is 2.30. The van der Waals surface area contributed by atoms with Crippen molar-refractivity contribution < 1.29 is 23.9 Å². The summed E-state index contributed by atoms with van der Waals surface area (Å²) in [5.74, 6) is -0.953. The van der Waals surface area contributed by atoms with E-state index in [9.17, 15) is 19.2 Å². The highest BCUT2D eigenvalue weighted by Crippen LogP contribution is 2.23. The molecule has 0 radical (unpaired) electrons. The third-order valence-corrected chi connectivity index (χ3v) is 4.71. The summed E-state index contributed by atoms with van der Waals surface area (Å²) in [6, 6.07) is 4.57. The molecular formula is C20H28N4O5. The first-order valence-electron chi connectivity index (χ1n) is 9.59. The summed E-state index contributed by atoms with van der Waals surface area (Å²) in [7, 11) is 3.60. The Hall–Kier alpha value is -2.62. The zero-order valence-electron chi connectivity index (χ0n) is 16.8. The topological polar surface area (TPSA) is 117 Å². The Morgan fingerprint density at radius 1 is 1.38 bits per heavy atom. The van der Waals surface area contributed by atoms with Crippen LogP contribution < -0.4 is 16.0 Å². The van der Waals surface area contributed by atoms with Crippen LogP contribution in [0.5, 0.6) is 0 Å². The summed E-state index contributed by atoms with van der Waals surface area (Å²) in [5.41, 5.74) is 1.53. The first kappa shape index (κ1) is 22.7. The number of likely N-dealkylation sites (N-methyl/N-ethyl adjacent to an activating group) is 1. The molecule has 9 nitrogen and oxygen atoms in total. The van der Waals surface area contributed by atoms with Gasteiger partial charge in [0.2, 0.25) is 17.7 Å². The maximum Gasteiger partial charge on any atom is 0.250 e. The van der Waals surface area contributed by atoms with Crippen LogP contribution in [0, 0.1) is 0 Å². The predicted molar refractivity (Wildman–Crippen MR) is 107 cm³/mol. The summed E-state index contributed by atoms with van der Waals surface area (Å²) in [4.78, 5) is 49.0. The molecule has 1 unspecified atom stereocenters. The Bertz CT molecular complexity index is 752. The number of piperidine rings is 1. The molecule has 0 saturated carbocycles. The van der Waals surface area contributed by atoms with Crippen LogP contribution in [0.25, 0.3) is 0 Å². The van der Waals surface area contributed by atoms with Crippen LogP contribution in [0.2, 0.25) is 0 Å². The SMILES string of the molecule is CNCCCOCC(=O)Nc1cccc(C=O)c1CN(C)C1CCC(=O)NC1=O. The van der Waals surface area contributed by atoms with E-state index in [-0.39, 0.29) is 37.3 Å². The number of carbonyl (C=O) groups is 4. The highest BCUT2D eigenvalue weighted by molar-refractivity contribution is 6.00. The van der Waals surface area contributed by atoms with Crippen molar-refractivity contribution in [2.24, 2.45) is 0 Å². The van der Waals surface area contributed by atoms with Gasteiger partial charge in [0.05, 0.1) is 6.04 Å². The molecule has 1 aromatic carbocycles. The molecule has 1 atom stereocenters. The van der Waals surface area contributed by atoms with Crippen molar-refractivity contribution in [3.8, 4) is 0 Å². The van der Waals surface area contributed by atoms with Gasteiger partial charge in [0.15, 0.2) is 0 Å². The van der Waals surface area contributed by atoms with E-state index < -0.39 is 6.04 Å². The number of aldehydes is 1. The normalized spacial score (nSPS) is 16.6. The van der Waals surface area contributed by atoms with Gasteiger partial charge in [-0.25, -0.2) is 0 Å². The second-order valence-corrected chi connectivity index (χ2v) is 6.93. The van der Waals surface area contributed by atoms with Crippen LogP contribution in [-0.4, -0.2) is 68.8 Å². The van der Waals surface area contributed by atoms with Gasteiger partial charge >= 0.3 is 0 Å². The summed E-state index contributed by atoms with van der Waals surface area (Å²) in [5, 5.41) is 8.11. The molecule has 1 heterocycles. The molecule has 1 aromatic rings. The average Bonchev–Trinajstić information content (AvgIpc) is 2.69. The Kier molecular flexibility index (Phi) is 8.91. The van der Waals surface area contributed by atoms with Crippen molar-refractivity contribution in [1.82, 2.24) is 15.5 Å². The molecule has 1 saturated heterocycles. The molecule has 3 amide bonds. The van der Waals surface area contributed by atoms with Gasteiger partial charge in [0.1, 0.15) is 12.9 Å². The number of benzene rings is 1. The molecule has 0 aliphatic carbocycles. The van der Waals surface area contributed by atoms with Gasteiger partial charge in [-0.2, -0.15) is 0 Å². The molecule has 9 heteroatoms. The van der Waals surface area contributed by atoms with E-state index in [0.717, 1.165) is 19.3 Å². The smallest absolute Gasteiger partial charge is 0.250 e. The zero-order chi connectivity index (χ0) is 21.2. The van der Waals surface area contributed by atoms with E-state index in [1.807, 2.05) is 7.05 Å². The number of hydrogen-bond donors (Lipinski definition) is 3. The molecule has 3 N–H and O–H groups in total. The Morgan fingerprint density at radius 2 is 2.17 bits per heavy atom. The summed E-state index contributed by atoms with van der Waals surface area (Å²) < 4.78 is 5.35. The fourth-order valence-corrected chi connectivity index (χ4v) is 3.17. The van der Waals surface area contributed by atoms with Gasteiger partial charge in [-0.1, -0.05) is 12.1 Å². The molecular weight excluding hydrogens is 376 g/mol. The molecule has 2 rings (SSSR count). The standard InChI is InChI=1S/C20H28N4O5/c1-21-9-4-10-29-13-19(27)22-16-6-3-5-14(12-25)15(16)11-24(2)17-7-8-18(26)23-20(17)28/h3,5-6,12,17,21H,4,7-11,13H2,1-2H3,(H,22,27)(H,23,26,28). The summed E-state index contributed by atoms with van der Waals surface area (Å²) in [6.07, 6.45) is 2.20. The number of hydrogen-bond acceptors (Lipinski definition) is 7. The van der Waals surface area contributed by atoms with Crippen LogP contribution in [0.4, 0.5) is 5.69 Å². The van der Waals surface area contributed by atoms with Crippen LogP contribution in [0.1, 0.15) is 35.2 Å². The molecule has 0 aromatic heterocycles. The van der Waals surface area contributed by atoms with Gasteiger partial charge in [-0.05, 0) is 39.5 Å². The van der Waals surface area contributed by atoms with Crippen molar-refractivity contribution in [2.75, 3.05) is 39.2 Å². The molecule has 158 valence electrons. The van der Waals surface area contributed by atoms with Crippen molar-refractivity contribution in [3.63, 3.8) is 0 Å². The first-order chi connectivity index (χ1) is 14.0. The lowest BCUT2D eigenvalue weighted by Crippen LogP contribution is -2.51. The average molecular weight is 404 g/mol.